The van der Waals surface area contributed by atoms with Crippen molar-refractivity contribution in [3.05, 3.63) is 89.6 Å². The van der Waals surface area contributed by atoms with E-state index in [1.165, 1.54) is 10.8 Å². The standard InChI is InChI=1S/C24H15N3S/c1-2-8-16(9-3-1)23-19-14-28-15-20(19)25-24(26-23)27-21-12-6-4-10-17(21)18-11-5-7-13-22(18)27/h1-15H. The van der Waals surface area contributed by atoms with Gasteiger partial charge in [0.05, 0.1) is 22.2 Å². The van der Waals surface area contributed by atoms with Crippen molar-refractivity contribution in [2.45, 2.75) is 0 Å². The van der Waals surface area contributed by atoms with Crippen molar-refractivity contribution in [1.82, 2.24) is 14.5 Å². The van der Waals surface area contributed by atoms with E-state index in [9.17, 15) is 0 Å². The molecule has 4 heteroatoms. The van der Waals surface area contributed by atoms with Crippen LogP contribution in [0.25, 0.3) is 49.9 Å². The lowest BCUT2D eigenvalue weighted by atomic mass is 10.1. The van der Waals surface area contributed by atoms with Crippen LogP contribution >= 0.6 is 11.3 Å². The molecule has 0 aliphatic heterocycles. The highest BCUT2D eigenvalue weighted by molar-refractivity contribution is 7.09. The summed E-state index contributed by atoms with van der Waals surface area (Å²) in [6.45, 7) is 0. The molecule has 132 valence electrons. The van der Waals surface area contributed by atoms with Crippen molar-refractivity contribution in [1.29, 1.82) is 0 Å². The first-order valence-corrected chi connectivity index (χ1v) is 10.1. The summed E-state index contributed by atoms with van der Waals surface area (Å²) in [5.41, 5.74) is 5.31. The number of fused-ring (bicyclic) bond motifs is 4. The van der Waals surface area contributed by atoms with Gasteiger partial charge < -0.3 is 0 Å². The zero-order valence-corrected chi connectivity index (χ0v) is 15.7. The average molecular weight is 377 g/mol. The van der Waals surface area contributed by atoms with Crippen LogP contribution in [-0.2, 0) is 0 Å². The minimum Gasteiger partial charge on any atom is -0.278 e. The Hall–Kier alpha value is -3.50. The first-order chi connectivity index (χ1) is 13.9. The minimum absolute atomic E-state index is 0.710. The van der Waals surface area contributed by atoms with Gasteiger partial charge in [-0.05, 0) is 12.1 Å². The molecule has 3 nitrogen and oxygen atoms in total. The van der Waals surface area contributed by atoms with E-state index < -0.39 is 0 Å². The fourth-order valence-corrected chi connectivity index (χ4v) is 4.65. The highest BCUT2D eigenvalue weighted by Gasteiger charge is 2.16. The van der Waals surface area contributed by atoms with E-state index in [0.717, 1.165) is 33.2 Å². The lowest BCUT2D eigenvalue weighted by Crippen LogP contribution is -2.02. The molecule has 0 bridgehead atoms. The Morgan fingerprint density at radius 2 is 1.25 bits per heavy atom. The predicted octanol–water partition coefficient (Wildman–Crippen LogP) is 6.46. The second-order valence-corrected chi connectivity index (χ2v) is 7.52. The molecule has 0 saturated heterocycles. The summed E-state index contributed by atoms with van der Waals surface area (Å²) >= 11 is 1.66. The van der Waals surface area contributed by atoms with Crippen molar-refractivity contribution in [2.75, 3.05) is 0 Å². The van der Waals surface area contributed by atoms with Gasteiger partial charge in [0, 0.05) is 32.5 Å². The maximum absolute atomic E-state index is 5.04. The van der Waals surface area contributed by atoms with Gasteiger partial charge in [0.2, 0.25) is 5.95 Å². The van der Waals surface area contributed by atoms with Crippen molar-refractivity contribution >= 4 is 44.0 Å². The number of aromatic nitrogens is 3. The summed E-state index contributed by atoms with van der Waals surface area (Å²) in [5, 5.41) is 7.76. The third-order valence-corrected chi connectivity index (χ3v) is 5.89. The Morgan fingerprint density at radius 1 is 0.607 bits per heavy atom. The normalized spacial score (nSPS) is 11.6. The summed E-state index contributed by atoms with van der Waals surface area (Å²) in [7, 11) is 0. The fourth-order valence-electron chi connectivity index (χ4n) is 3.90. The molecule has 3 aromatic carbocycles. The van der Waals surface area contributed by atoms with Crippen LogP contribution in [0.5, 0.6) is 0 Å². The van der Waals surface area contributed by atoms with Crippen molar-refractivity contribution in [3.63, 3.8) is 0 Å². The molecule has 0 aliphatic rings. The molecule has 0 N–H and O–H groups in total. The van der Waals surface area contributed by atoms with E-state index in [-0.39, 0.29) is 0 Å². The van der Waals surface area contributed by atoms with Gasteiger partial charge in [-0.1, -0.05) is 66.7 Å². The van der Waals surface area contributed by atoms with Crippen LogP contribution in [0.15, 0.2) is 89.6 Å². The maximum atomic E-state index is 5.04. The van der Waals surface area contributed by atoms with Gasteiger partial charge in [-0.3, -0.25) is 4.57 Å². The molecule has 0 aliphatic carbocycles. The van der Waals surface area contributed by atoms with Gasteiger partial charge in [-0.15, -0.1) is 11.3 Å². The Kier molecular flexibility index (Phi) is 3.34. The third kappa shape index (κ3) is 2.22. The molecule has 0 unspecified atom stereocenters. The molecule has 0 fully saturated rings. The SMILES string of the molecule is c1ccc(-c2nc(-n3c4ccccc4c4ccccc43)nc3cscc23)cc1. The average Bonchev–Trinajstić information content (AvgIpc) is 3.36. The van der Waals surface area contributed by atoms with E-state index in [1.807, 2.05) is 6.07 Å². The topological polar surface area (TPSA) is 30.7 Å². The van der Waals surface area contributed by atoms with Crippen LogP contribution in [0.1, 0.15) is 0 Å². The molecule has 0 amide bonds. The van der Waals surface area contributed by atoms with Crippen LogP contribution in [0.3, 0.4) is 0 Å². The Bertz CT molecular complexity index is 1410. The maximum Gasteiger partial charge on any atom is 0.235 e. The van der Waals surface area contributed by atoms with Gasteiger partial charge in [-0.2, -0.15) is 0 Å². The lowest BCUT2D eigenvalue weighted by Gasteiger charge is -2.09. The van der Waals surface area contributed by atoms with Crippen molar-refractivity contribution in [3.8, 4) is 17.2 Å². The number of thiophene rings is 1. The zero-order chi connectivity index (χ0) is 18.5. The largest absolute Gasteiger partial charge is 0.278 e. The van der Waals surface area contributed by atoms with Gasteiger partial charge >= 0.3 is 0 Å². The van der Waals surface area contributed by atoms with E-state index in [2.05, 4.69) is 88.1 Å². The molecule has 0 radical (unpaired) electrons. The first-order valence-electron chi connectivity index (χ1n) is 9.18. The molecule has 3 heterocycles. The van der Waals surface area contributed by atoms with E-state index in [0.29, 0.717) is 5.95 Å². The molecule has 0 atom stereocenters. The van der Waals surface area contributed by atoms with Crippen molar-refractivity contribution < 1.29 is 0 Å². The van der Waals surface area contributed by atoms with E-state index in [4.69, 9.17) is 9.97 Å². The molecule has 6 aromatic rings. The van der Waals surface area contributed by atoms with Crippen LogP contribution in [0, 0.1) is 0 Å². The summed E-state index contributed by atoms with van der Waals surface area (Å²) < 4.78 is 2.17. The summed E-state index contributed by atoms with van der Waals surface area (Å²) in [4.78, 5) is 9.97. The molecule has 3 aromatic heterocycles. The number of nitrogens with zero attached hydrogens (tertiary/aromatic N) is 3. The number of hydrogen-bond donors (Lipinski definition) is 0. The summed E-state index contributed by atoms with van der Waals surface area (Å²) in [6.07, 6.45) is 0. The second-order valence-electron chi connectivity index (χ2n) is 6.78. The highest BCUT2D eigenvalue weighted by atomic mass is 32.1. The van der Waals surface area contributed by atoms with Gasteiger partial charge in [-0.25, -0.2) is 9.97 Å². The van der Waals surface area contributed by atoms with Crippen molar-refractivity contribution in [2.24, 2.45) is 0 Å². The zero-order valence-electron chi connectivity index (χ0n) is 14.9. The smallest absolute Gasteiger partial charge is 0.235 e. The second kappa shape index (κ2) is 6.01. The van der Waals surface area contributed by atoms with Crippen LogP contribution in [-0.4, -0.2) is 14.5 Å². The van der Waals surface area contributed by atoms with Gasteiger partial charge in [0.15, 0.2) is 0 Å². The number of para-hydroxylation sites is 2. The molecular formula is C24H15N3S. The van der Waals surface area contributed by atoms with Gasteiger partial charge in [0.1, 0.15) is 0 Å². The number of rotatable bonds is 2. The number of hydrogen-bond acceptors (Lipinski definition) is 3. The monoisotopic (exact) mass is 377 g/mol. The lowest BCUT2D eigenvalue weighted by molar-refractivity contribution is 1.01. The Labute approximate surface area is 165 Å². The Morgan fingerprint density at radius 3 is 1.96 bits per heavy atom. The first kappa shape index (κ1) is 15.5. The molecule has 0 saturated carbocycles. The molecular weight excluding hydrogens is 362 g/mol. The molecule has 28 heavy (non-hydrogen) atoms. The summed E-state index contributed by atoms with van der Waals surface area (Å²) in [6, 6.07) is 27.2. The highest BCUT2D eigenvalue weighted by Crippen LogP contribution is 2.34. The van der Waals surface area contributed by atoms with Crippen LogP contribution < -0.4 is 0 Å². The quantitative estimate of drug-likeness (QED) is 0.347. The Balaban J connectivity index is 1.74. The minimum atomic E-state index is 0.710. The van der Waals surface area contributed by atoms with Crippen LogP contribution in [0.2, 0.25) is 0 Å². The van der Waals surface area contributed by atoms with Gasteiger partial charge in [0.25, 0.3) is 0 Å². The molecule has 0 spiro atoms. The van der Waals surface area contributed by atoms with E-state index >= 15 is 0 Å². The number of benzene rings is 3. The van der Waals surface area contributed by atoms with Crippen LogP contribution in [0.4, 0.5) is 0 Å². The fraction of sp³-hybridized carbons (Fsp3) is 0. The third-order valence-electron chi connectivity index (χ3n) is 5.16. The summed E-state index contributed by atoms with van der Waals surface area (Å²) in [5.74, 6) is 0.710. The molecule has 6 rings (SSSR count). The van der Waals surface area contributed by atoms with E-state index in [1.54, 1.807) is 11.3 Å². The predicted molar refractivity (Wildman–Crippen MR) is 117 cm³/mol.